The van der Waals surface area contributed by atoms with Gasteiger partial charge in [0.2, 0.25) is 5.95 Å². The van der Waals surface area contributed by atoms with Gasteiger partial charge < -0.3 is 25.8 Å². The highest BCUT2D eigenvalue weighted by atomic mass is 16.4. The molecule has 168 valence electrons. The van der Waals surface area contributed by atoms with Crippen LogP contribution in [-0.4, -0.2) is 56.1 Å². The Morgan fingerprint density at radius 2 is 1.84 bits per heavy atom. The van der Waals surface area contributed by atoms with Gasteiger partial charge in [-0.2, -0.15) is 4.98 Å². The van der Waals surface area contributed by atoms with E-state index in [1.165, 1.54) is 0 Å². The van der Waals surface area contributed by atoms with E-state index in [1.807, 2.05) is 0 Å². The largest absolute Gasteiger partial charge is 0.481 e. The van der Waals surface area contributed by atoms with Crippen molar-refractivity contribution >= 4 is 34.8 Å². The maximum absolute atomic E-state index is 12.3. The third-order valence-electron chi connectivity index (χ3n) is 5.01. The maximum Gasteiger partial charge on any atom is 0.326 e. The van der Waals surface area contributed by atoms with Crippen molar-refractivity contribution in [3.05, 3.63) is 57.5 Å². The number of hydrogen-bond donors (Lipinski definition) is 6. The highest BCUT2D eigenvalue weighted by Crippen LogP contribution is 2.16. The topological polar surface area (TPSA) is 177 Å². The van der Waals surface area contributed by atoms with E-state index in [2.05, 4.69) is 25.6 Å². The van der Waals surface area contributed by atoms with Crippen LogP contribution in [0.3, 0.4) is 0 Å². The summed E-state index contributed by atoms with van der Waals surface area (Å²) in [7, 11) is 1.66. The zero-order chi connectivity index (χ0) is 23.3. The average Bonchev–Trinajstić information content (AvgIpc) is 3.18. The summed E-state index contributed by atoms with van der Waals surface area (Å²) in [6.45, 7) is 0. The summed E-state index contributed by atoms with van der Waals surface area (Å²) >= 11 is 0. The summed E-state index contributed by atoms with van der Waals surface area (Å²) in [6.07, 6.45) is 2.36. The predicted molar refractivity (Wildman–Crippen MR) is 116 cm³/mol. The van der Waals surface area contributed by atoms with Crippen LogP contribution in [0.5, 0.6) is 0 Å². The van der Waals surface area contributed by atoms with Gasteiger partial charge in [0.15, 0.2) is 0 Å². The Hall–Kier alpha value is -4.15. The number of nitrogens with zero attached hydrogens (tertiary/aromatic N) is 1. The lowest BCUT2D eigenvalue weighted by atomic mass is 10.0. The van der Waals surface area contributed by atoms with Crippen molar-refractivity contribution < 1.29 is 24.6 Å². The van der Waals surface area contributed by atoms with Crippen LogP contribution in [0.4, 0.5) is 5.95 Å². The summed E-state index contributed by atoms with van der Waals surface area (Å²) in [5, 5.41) is 23.5. The van der Waals surface area contributed by atoms with Gasteiger partial charge in [-0.3, -0.25) is 19.4 Å². The molecule has 2 aromatic heterocycles. The second-order valence-electron chi connectivity index (χ2n) is 7.20. The smallest absolute Gasteiger partial charge is 0.326 e. The summed E-state index contributed by atoms with van der Waals surface area (Å²) in [5.74, 6) is -2.65. The summed E-state index contributed by atoms with van der Waals surface area (Å²) in [4.78, 5) is 56.5. The zero-order valence-corrected chi connectivity index (χ0v) is 17.3. The first-order chi connectivity index (χ1) is 15.3. The van der Waals surface area contributed by atoms with Crippen molar-refractivity contribution in [2.24, 2.45) is 0 Å². The summed E-state index contributed by atoms with van der Waals surface area (Å²) < 4.78 is 0. The van der Waals surface area contributed by atoms with Gasteiger partial charge in [-0.25, -0.2) is 4.79 Å². The molecular formula is C21H23N5O6. The van der Waals surface area contributed by atoms with Crippen LogP contribution < -0.4 is 16.2 Å². The molecule has 11 nitrogen and oxygen atoms in total. The van der Waals surface area contributed by atoms with E-state index in [-0.39, 0.29) is 24.0 Å². The Bertz CT molecular complexity index is 1200. The Morgan fingerprint density at radius 1 is 1.12 bits per heavy atom. The number of carboxylic acid groups (broad SMARTS) is 2. The Morgan fingerprint density at radius 3 is 2.47 bits per heavy atom. The fourth-order valence-corrected chi connectivity index (χ4v) is 3.29. The van der Waals surface area contributed by atoms with Gasteiger partial charge in [0.05, 0.1) is 5.39 Å². The van der Waals surface area contributed by atoms with Crippen molar-refractivity contribution in [3.8, 4) is 0 Å². The molecule has 2 heterocycles. The van der Waals surface area contributed by atoms with Crippen LogP contribution in [0, 0.1) is 0 Å². The second-order valence-corrected chi connectivity index (χ2v) is 7.20. The fourth-order valence-electron chi connectivity index (χ4n) is 3.29. The van der Waals surface area contributed by atoms with E-state index in [9.17, 15) is 19.2 Å². The number of carboxylic acids is 2. The van der Waals surface area contributed by atoms with Crippen molar-refractivity contribution in [1.29, 1.82) is 0 Å². The highest BCUT2D eigenvalue weighted by Gasteiger charge is 2.21. The standard InChI is InChI=1S/C21H23N5O6/c1-22-21-25-17-16(19(30)26-21)13(10-23-17)7-4-11-2-5-12(6-3-11)18(29)24-14(20(31)32)8-9-15(27)28/h2-3,5-6,10,14H,4,7-9H2,1H3,(H,24,29)(H,27,28)(H,31,32)(H3,22,23,25,26,30)/t14-/m0/s1. The van der Waals surface area contributed by atoms with E-state index >= 15 is 0 Å². The van der Waals surface area contributed by atoms with Gasteiger partial charge in [-0.1, -0.05) is 12.1 Å². The number of rotatable bonds is 10. The van der Waals surface area contributed by atoms with Gasteiger partial charge in [-0.15, -0.1) is 0 Å². The third kappa shape index (κ3) is 5.31. The molecule has 0 radical (unpaired) electrons. The first kappa shape index (κ1) is 22.5. The second kappa shape index (κ2) is 9.77. The fraction of sp³-hybridized carbons (Fsp3) is 0.286. The van der Waals surface area contributed by atoms with E-state index in [0.29, 0.717) is 29.8 Å². The number of benzene rings is 1. The number of amides is 1. The summed E-state index contributed by atoms with van der Waals surface area (Å²) in [6, 6.07) is 5.36. The van der Waals surface area contributed by atoms with Gasteiger partial charge in [0, 0.05) is 25.2 Å². The molecule has 0 aliphatic rings. The first-order valence-corrected chi connectivity index (χ1v) is 9.91. The SMILES string of the molecule is CNc1nc2[nH]cc(CCc3ccc(C(=O)N[C@@H](CCC(=O)O)C(=O)O)cc3)c2c(=O)[nH]1. The molecule has 0 aliphatic heterocycles. The molecule has 1 atom stereocenters. The molecule has 0 fully saturated rings. The minimum Gasteiger partial charge on any atom is -0.481 e. The number of aromatic nitrogens is 3. The van der Waals surface area contributed by atoms with Gasteiger partial charge in [-0.05, 0) is 42.5 Å². The number of H-pyrrole nitrogens is 2. The normalized spacial score (nSPS) is 11.8. The molecule has 0 saturated carbocycles. The molecule has 0 spiro atoms. The molecule has 0 unspecified atom stereocenters. The molecule has 3 rings (SSSR count). The number of aliphatic carboxylic acids is 2. The third-order valence-corrected chi connectivity index (χ3v) is 5.01. The van der Waals surface area contributed by atoms with E-state index in [1.54, 1.807) is 37.5 Å². The van der Waals surface area contributed by atoms with E-state index in [4.69, 9.17) is 10.2 Å². The minimum absolute atomic E-state index is 0.205. The predicted octanol–water partition coefficient (Wildman–Crippen LogP) is 1.13. The lowest BCUT2D eigenvalue weighted by Crippen LogP contribution is -2.41. The van der Waals surface area contributed by atoms with Crippen LogP contribution in [0.25, 0.3) is 11.0 Å². The quantitative estimate of drug-likeness (QED) is 0.271. The number of anilines is 1. The van der Waals surface area contributed by atoms with Gasteiger partial charge in [0.25, 0.3) is 11.5 Å². The number of nitrogens with one attached hydrogen (secondary N) is 4. The average molecular weight is 441 g/mol. The van der Waals surface area contributed by atoms with E-state index < -0.39 is 23.9 Å². The number of carbonyl (C=O) groups excluding carboxylic acids is 1. The van der Waals surface area contributed by atoms with Crippen LogP contribution >= 0.6 is 0 Å². The number of hydrogen-bond acceptors (Lipinski definition) is 6. The molecule has 11 heteroatoms. The van der Waals surface area contributed by atoms with Crippen molar-refractivity contribution in [3.63, 3.8) is 0 Å². The van der Waals surface area contributed by atoms with Gasteiger partial charge in [0.1, 0.15) is 11.7 Å². The van der Waals surface area contributed by atoms with E-state index in [0.717, 1.165) is 11.1 Å². The number of carbonyl (C=O) groups is 3. The molecule has 6 N–H and O–H groups in total. The Balaban J connectivity index is 1.64. The molecule has 1 amide bonds. The maximum atomic E-state index is 12.3. The molecular weight excluding hydrogens is 418 g/mol. The van der Waals surface area contributed by atoms with Crippen molar-refractivity contribution in [2.75, 3.05) is 12.4 Å². The molecule has 0 saturated heterocycles. The van der Waals surface area contributed by atoms with Gasteiger partial charge >= 0.3 is 11.9 Å². The minimum atomic E-state index is -1.29. The first-order valence-electron chi connectivity index (χ1n) is 9.91. The summed E-state index contributed by atoms with van der Waals surface area (Å²) in [5.41, 5.74) is 2.27. The molecule has 0 aliphatic carbocycles. The lowest BCUT2D eigenvalue weighted by Gasteiger charge is -2.13. The van der Waals surface area contributed by atoms with Crippen molar-refractivity contribution in [2.45, 2.75) is 31.7 Å². The van der Waals surface area contributed by atoms with Crippen LogP contribution in [0.1, 0.15) is 34.3 Å². The molecule has 1 aromatic carbocycles. The molecule has 0 bridgehead atoms. The zero-order valence-electron chi connectivity index (χ0n) is 17.3. The lowest BCUT2D eigenvalue weighted by molar-refractivity contribution is -0.140. The van der Waals surface area contributed by atoms with Crippen LogP contribution in [-0.2, 0) is 22.4 Å². The monoisotopic (exact) mass is 441 g/mol. The highest BCUT2D eigenvalue weighted by molar-refractivity contribution is 5.96. The van der Waals surface area contributed by atoms with Crippen molar-refractivity contribution in [1.82, 2.24) is 20.3 Å². The van der Waals surface area contributed by atoms with Crippen LogP contribution in [0.15, 0.2) is 35.3 Å². The van der Waals surface area contributed by atoms with Crippen LogP contribution in [0.2, 0.25) is 0 Å². The number of fused-ring (bicyclic) bond motifs is 1. The number of aryl methyl sites for hydroxylation is 2. The Labute approximate surface area is 181 Å². The molecule has 3 aromatic rings. The Kier molecular flexibility index (Phi) is 6.88. The number of aromatic amines is 2. The molecule has 32 heavy (non-hydrogen) atoms.